The van der Waals surface area contributed by atoms with Crippen molar-refractivity contribution in [2.75, 3.05) is 6.54 Å². The first-order valence-electron chi connectivity index (χ1n) is 7.31. The Bertz CT molecular complexity index is 451. The molecule has 1 aromatic rings. The predicted molar refractivity (Wildman–Crippen MR) is 76.0 cm³/mol. The number of carbonyl (C=O) groups excluding carboxylic acids is 1. The second-order valence-electron chi connectivity index (χ2n) is 6.03. The maximum atomic E-state index is 12.4. The van der Waals surface area contributed by atoms with Gasteiger partial charge in [-0.2, -0.15) is 0 Å². The fourth-order valence-electron chi connectivity index (χ4n) is 3.49. The lowest BCUT2D eigenvalue weighted by molar-refractivity contribution is -0.127. The van der Waals surface area contributed by atoms with Crippen molar-refractivity contribution in [3.63, 3.8) is 0 Å². The molecule has 3 nitrogen and oxygen atoms in total. The van der Waals surface area contributed by atoms with Crippen LogP contribution in [0.4, 0.5) is 0 Å². The van der Waals surface area contributed by atoms with Crippen LogP contribution in [0.25, 0.3) is 0 Å². The van der Waals surface area contributed by atoms with Crippen LogP contribution in [0.15, 0.2) is 30.3 Å². The molecule has 2 aliphatic rings. The first-order chi connectivity index (χ1) is 9.20. The van der Waals surface area contributed by atoms with Crippen LogP contribution in [0.3, 0.4) is 0 Å². The Morgan fingerprint density at radius 1 is 1.21 bits per heavy atom. The molecule has 3 heteroatoms. The molecule has 2 fully saturated rings. The quantitative estimate of drug-likeness (QED) is 0.854. The zero-order valence-electron chi connectivity index (χ0n) is 11.5. The van der Waals surface area contributed by atoms with E-state index in [1.807, 2.05) is 18.2 Å². The minimum absolute atomic E-state index is 0.0456. The highest BCUT2D eigenvalue weighted by molar-refractivity contribution is 5.84. The number of hydrogen-bond donors (Lipinski definition) is 2. The number of piperazine rings is 1. The van der Waals surface area contributed by atoms with Crippen LogP contribution in [0.5, 0.6) is 0 Å². The molecule has 1 aromatic carbocycles. The Morgan fingerprint density at radius 3 is 2.53 bits per heavy atom. The van der Waals surface area contributed by atoms with Crippen LogP contribution in [-0.4, -0.2) is 24.0 Å². The lowest BCUT2D eigenvalue weighted by atomic mass is 9.87. The minimum Gasteiger partial charge on any atom is -0.348 e. The standard InChI is InChI=1S/C16H22N2O/c1-12(13-7-3-2-4-8-13)14-15(19)18-16(11-17-14)9-5-6-10-16/h2-4,7-8,12,14,17H,5-6,9-11H2,1H3,(H,18,19). The van der Waals surface area contributed by atoms with E-state index in [4.69, 9.17) is 0 Å². The lowest BCUT2D eigenvalue weighted by Crippen LogP contribution is -2.65. The van der Waals surface area contributed by atoms with Crippen LogP contribution < -0.4 is 10.6 Å². The van der Waals surface area contributed by atoms with E-state index in [0.29, 0.717) is 0 Å². The van der Waals surface area contributed by atoms with Gasteiger partial charge in [0.15, 0.2) is 0 Å². The van der Waals surface area contributed by atoms with Crippen LogP contribution in [0, 0.1) is 0 Å². The Kier molecular flexibility index (Phi) is 3.31. The Hall–Kier alpha value is -1.35. The third-order valence-electron chi connectivity index (χ3n) is 4.72. The van der Waals surface area contributed by atoms with Crippen molar-refractivity contribution >= 4 is 5.91 Å². The molecule has 2 unspecified atom stereocenters. The van der Waals surface area contributed by atoms with Crippen LogP contribution >= 0.6 is 0 Å². The van der Waals surface area contributed by atoms with Gasteiger partial charge in [-0.05, 0) is 18.4 Å². The SMILES string of the molecule is CC(c1ccccc1)C1NCC2(CCCC2)NC1=O. The topological polar surface area (TPSA) is 41.1 Å². The molecule has 102 valence electrons. The molecule has 19 heavy (non-hydrogen) atoms. The molecule has 1 amide bonds. The van der Waals surface area contributed by atoms with Gasteiger partial charge in [-0.25, -0.2) is 0 Å². The Balaban J connectivity index is 1.72. The number of benzene rings is 1. The van der Waals surface area contributed by atoms with Gasteiger partial charge in [-0.15, -0.1) is 0 Å². The summed E-state index contributed by atoms with van der Waals surface area (Å²) in [6.45, 7) is 3.04. The van der Waals surface area contributed by atoms with E-state index in [1.165, 1.54) is 18.4 Å². The monoisotopic (exact) mass is 258 g/mol. The van der Waals surface area contributed by atoms with Crippen molar-refractivity contribution in [3.8, 4) is 0 Å². The molecule has 1 saturated carbocycles. The van der Waals surface area contributed by atoms with Crippen molar-refractivity contribution in [1.82, 2.24) is 10.6 Å². The van der Waals surface area contributed by atoms with E-state index < -0.39 is 0 Å². The molecular weight excluding hydrogens is 236 g/mol. The van der Waals surface area contributed by atoms with E-state index >= 15 is 0 Å². The average molecular weight is 258 g/mol. The third kappa shape index (κ3) is 2.39. The number of hydrogen-bond acceptors (Lipinski definition) is 2. The second-order valence-corrected chi connectivity index (χ2v) is 6.03. The van der Waals surface area contributed by atoms with Gasteiger partial charge in [-0.3, -0.25) is 4.79 Å². The summed E-state index contributed by atoms with van der Waals surface area (Å²) in [6.07, 6.45) is 4.72. The van der Waals surface area contributed by atoms with Crippen molar-refractivity contribution in [1.29, 1.82) is 0 Å². The second kappa shape index (κ2) is 4.97. The normalized spacial score (nSPS) is 27.2. The summed E-state index contributed by atoms with van der Waals surface area (Å²) in [6, 6.07) is 10.2. The van der Waals surface area contributed by atoms with Gasteiger partial charge in [0.05, 0.1) is 11.6 Å². The predicted octanol–water partition coefficient (Wildman–Crippen LogP) is 2.19. The van der Waals surface area contributed by atoms with Gasteiger partial charge in [0, 0.05) is 12.5 Å². The van der Waals surface area contributed by atoms with E-state index in [0.717, 1.165) is 19.4 Å². The van der Waals surface area contributed by atoms with Crippen molar-refractivity contribution in [2.45, 2.75) is 50.1 Å². The molecule has 0 bridgehead atoms. The van der Waals surface area contributed by atoms with Gasteiger partial charge >= 0.3 is 0 Å². The van der Waals surface area contributed by atoms with Gasteiger partial charge in [0.1, 0.15) is 0 Å². The molecule has 3 rings (SSSR count). The highest BCUT2D eigenvalue weighted by Crippen LogP contribution is 2.32. The molecule has 1 aliphatic heterocycles. The molecule has 2 N–H and O–H groups in total. The molecule has 1 heterocycles. The number of nitrogens with one attached hydrogen (secondary N) is 2. The van der Waals surface area contributed by atoms with Crippen molar-refractivity contribution < 1.29 is 4.79 Å². The number of amides is 1. The van der Waals surface area contributed by atoms with Crippen LogP contribution in [-0.2, 0) is 4.79 Å². The summed E-state index contributed by atoms with van der Waals surface area (Å²) in [7, 11) is 0. The summed E-state index contributed by atoms with van der Waals surface area (Å²) >= 11 is 0. The Labute approximate surface area is 114 Å². The molecule has 1 aliphatic carbocycles. The summed E-state index contributed by atoms with van der Waals surface area (Å²) in [5, 5.41) is 6.78. The fraction of sp³-hybridized carbons (Fsp3) is 0.562. The van der Waals surface area contributed by atoms with Crippen molar-refractivity contribution in [2.24, 2.45) is 0 Å². The largest absolute Gasteiger partial charge is 0.348 e. The van der Waals surface area contributed by atoms with Gasteiger partial charge in [0.2, 0.25) is 5.91 Å². The first kappa shape index (κ1) is 12.7. The lowest BCUT2D eigenvalue weighted by Gasteiger charge is -2.40. The summed E-state index contributed by atoms with van der Waals surface area (Å²) in [5.41, 5.74) is 1.27. The smallest absolute Gasteiger partial charge is 0.238 e. The van der Waals surface area contributed by atoms with Gasteiger partial charge in [-0.1, -0.05) is 50.1 Å². The first-order valence-corrected chi connectivity index (χ1v) is 7.31. The molecule has 1 saturated heterocycles. The highest BCUT2D eigenvalue weighted by atomic mass is 16.2. The van der Waals surface area contributed by atoms with E-state index in [-0.39, 0.29) is 23.4 Å². The fourth-order valence-corrected chi connectivity index (χ4v) is 3.49. The summed E-state index contributed by atoms with van der Waals surface area (Å²) < 4.78 is 0. The van der Waals surface area contributed by atoms with E-state index in [9.17, 15) is 4.79 Å². The molecule has 0 radical (unpaired) electrons. The maximum absolute atomic E-state index is 12.4. The van der Waals surface area contributed by atoms with Gasteiger partial charge < -0.3 is 10.6 Å². The number of carbonyl (C=O) groups is 1. The van der Waals surface area contributed by atoms with Crippen LogP contribution in [0.2, 0.25) is 0 Å². The third-order valence-corrected chi connectivity index (χ3v) is 4.72. The van der Waals surface area contributed by atoms with Crippen molar-refractivity contribution in [3.05, 3.63) is 35.9 Å². The van der Waals surface area contributed by atoms with Gasteiger partial charge in [0.25, 0.3) is 0 Å². The molecular formula is C16H22N2O. The maximum Gasteiger partial charge on any atom is 0.238 e. The number of rotatable bonds is 2. The van der Waals surface area contributed by atoms with E-state index in [1.54, 1.807) is 0 Å². The Morgan fingerprint density at radius 2 is 1.89 bits per heavy atom. The molecule has 2 atom stereocenters. The minimum atomic E-state index is -0.103. The zero-order valence-corrected chi connectivity index (χ0v) is 11.5. The highest BCUT2D eigenvalue weighted by Gasteiger charge is 2.42. The summed E-state index contributed by atoms with van der Waals surface area (Å²) in [4.78, 5) is 12.4. The average Bonchev–Trinajstić information content (AvgIpc) is 2.87. The molecule has 1 spiro atoms. The zero-order chi connectivity index (χ0) is 13.3. The molecule has 0 aromatic heterocycles. The summed E-state index contributed by atoms with van der Waals surface area (Å²) in [5.74, 6) is 0.379. The van der Waals surface area contributed by atoms with Crippen LogP contribution in [0.1, 0.15) is 44.1 Å². The van der Waals surface area contributed by atoms with E-state index in [2.05, 4.69) is 29.7 Å².